The molecule has 0 spiro atoms. The number of nitrogens with zero attached hydrogens (tertiary/aromatic N) is 1. The van der Waals surface area contributed by atoms with Crippen LogP contribution in [0.4, 0.5) is 0 Å². The summed E-state index contributed by atoms with van der Waals surface area (Å²) < 4.78 is 0. The predicted octanol–water partition coefficient (Wildman–Crippen LogP) is 1.92. The van der Waals surface area contributed by atoms with Crippen molar-refractivity contribution in [2.45, 2.75) is 25.7 Å². The molecule has 1 N–H and O–H groups in total. The topological polar surface area (TPSA) is 67.3 Å². The predicted molar refractivity (Wildman–Crippen MR) is 51.1 cm³/mol. The molecule has 2 rings (SSSR count). The molecular weight excluding hydrogens is 202 g/mol. The molecule has 0 saturated heterocycles. The third kappa shape index (κ3) is 1.55. The number of carboxylic acid groups (broad SMARTS) is 1. The second kappa shape index (κ2) is 3.16. The first kappa shape index (κ1) is 9.33. The van der Waals surface area contributed by atoms with Crippen LogP contribution in [0.15, 0.2) is 0 Å². The number of ketones is 1. The number of Topliss-reactive ketones (excluding diaryl/α,β-unsaturated/α-hetero) is 1. The lowest BCUT2D eigenvalue weighted by molar-refractivity contribution is 0.0687. The maximum Gasteiger partial charge on any atom is 0.356 e. The Morgan fingerprint density at radius 3 is 2.50 bits per heavy atom. The summed E-state index contributed by atoms with van der Waals surface area (Å²) >= 11 is 1.23. The molecular formula is C9H9NO3S. The summed E-state index contributed by atoms with van der Waals surface area (Å²) in [5.74, 6) is -0.934. The lowest BCUT2D eigenvalue weighted by Gasteiger charge is -1.89. The van der Waals surface area contributed by atoms with Crippen molar-refractivity contribution in [2.75, 3.05) is 0 Å². The van der Waals surface area contributed by atoms with Gasteiger partial charge in [0, 0.05) is 12.8 Å². The van der Waals surface area contributed by atoms with Gasteiger partial charge in [-0.25, -0.2) is 9.78 Å². The molecule has 1 aromatic heterocycles. The lowest BCUT2D eigenvalue weighted by Crippen LogP contribution is -2.03. The fourth-order valence-corrected chi connectivity index (χ4v) is 2.35. The average Bonchev–Trinajstić information content (AvgIpc) is 2.83. The Labute approximate surface area is 84.6 Å². The molecule has 1 aliphatic rings. The van der Waals surface area contributed by atoms with Gasteiger partial charge in [-0.1, -0.05) is 0 Å². The van der Waals surface area contributed by atoms with Gasteiger partial charge in [0.1, 0.15) is 4.88 Å². The zero-order valence-electron chi connectivity index (χ0n) is 7.61. The highest BCUT2D eigenvalue weighted by Crippen LogP contribution is 2.42. The number of hydrogen-bond donors (Lipinski definition) is 1. The minimum absolute atomic E-state index is 0.0793. The molecule has 0 amide bonds. The van der Waals surface area contributed by atoms with E-state index in [0.29, 0.717) is 5.92 Å². The Morgan fingerprint density at radius 2 is 2.14 bits per heavy atom. The van der Waals surface area contributed by atoms with Gasteiger partial charge in [0.15, 0.2) is 11.5 Å². The molecule has 14 heavy (non-hydrogen) atoms. The molecule has 1 aliphatic carbocycles. The van der Waals surface area contributed by atoms with E-state index < -0.39 is 5.97 Å². The smallest absolute Gasteiger partial charge is 0.356 e. The Morgan fingerprint density at radius 1 is 1.50 bits per heavy atom. The van der Waals surface area contributed by atoms with Gasteiger partial charge in [-0.05, 0) is 12.8 Å². The number of rotatable bonds is 3. The molecule has 1 aromatic rings. The minimum atomic E-state index is -1.11. The van der Waals surface area contributed by atoms with E-state index in [1.54, 1.807) is 0 Å². The summed E-state index contributed by atoms with van der Waals surface area (Å²) in [5.41, 5.74) is -0.0793. The normalized spacial score (nSPS) is 15.5. The van der Waals surface area contributed by atoms with E-state index in [9.17, 15) is 9.59 Å². The van der Waals surface area contributed by atoms with E-state index in [-0.39, 0.29) is 16.4 Å². The average molecular weight is 211 g/mol. The van der Waals surface area contributed by atoms with Gasteiger partial charge in [0.05, 0.1) is 5.01 Å². The van der Waals surface area contributed by atoms with Crippen molar-refractivity contribution in [2.24, 2.45) is 0 Å². The number of aromatic nitrogens is 1. The number of thiazole rings is 1. The molecule has 0 radical (unpaired) electrons. The zero-order valence-corrected chi connectivity index (χ0v) is 8.43. The first-order valence-corrected chi connectivity index (χ1v) is 5.16. The maximum atomic E-state index is 11.1. The molecule has 0 unspecified atom stereocenters. The summed E-state index contributed by atoms with van der Waals surface area (Å²) in [6.45, 7) is 1.37. The molecule has 0 bridgehead atoms. The van der Waals surface area contributed by atoms with Crippen molar-refractivity contribution >= 4 is 23.1 Å². The standard InChI is InChI=1S/C9H9NO3S/c1-4(11)7-6(9(12)13)10-8(14-7)5-2-3-5/h5H,2-3H2,1H3,(H,12,13). The Hall–Kier alpha value is -1.23. The number of aromatic carboxylic acids is 1. The Kier molecular flexibility index (Phi) is 2.11. The SMILES string of the molecule is CC(=O)c1sc(C2CC2)nc1C(=O)O. The van der Waals surface area contributed by atoms with Crippen LogP contribution in [-0.4, -0.2) is 21.8 Å². The van der Waals surface area contributed by atoms with Crippen molar-refractivity contribution in [1.29, 1.82) is 0 Å². The van der Waals surface area contributed by atoms with Gasteiger partial charge in [0.25, 0.3) is 0 Å². The van der Waals surface area contributed by atoms with Crippen LogP contribution in [0.3, 0.4) is 0 Å². The number of carbonyl (C=O) groups excluding carboxylic acids is 1. The Bertz CT molecular complexity index is 375. The highest BCUT2D eigenvalue weighted by molar-refractivity contribution is 7.14. The number of carbonyl (C=O) groups is 2. The third-order valence-corrected chi connectivity index (χ3v) is 3.41. The van der Waals surface area contributed by atoms with Gasteiger partial charge < -0.3 is 5.11 Å². The van der Waals surface area contributed by atoms with Gasteiger partial charge >= 0.3 is 5.97 Å². The first-order chi connectivity index (χ1) is 6.59. The first-order valence-electron chi connectivity index (χ1n) is 4.34. The highest BCUT2D eigenvalue weighted by Gasteiger charge is 2.30. The molecule has 1 saturated carbocycles. The van der Waals surface area contributed by atoms with Crippen LogP contribution in [-0.2, 0) is 0 Å². The van der Waals surface area contributed by atoms with E-state index in [0.717, 1.165) is 17.8 Å². The largest absolute Gasteiger partial charge is 0.476 e. The maximum absolute atomic E-state index is 11.1. The van der Waals surface area contributed by atoms with Gasteiger partial charge in [-0.15, -0.1) is 11.3 Å². The quantitative estimate of drug-likeness (QED) is 0.775. The zero-order chi connectivity index (χ0) is 10.3. The summed E-state index contributed by atoms with van der Waals surface area (Å²) in [6, 6.07) is 0. The van der Waals surface area contributed by atoms with Crippen molar-refractivity contribution in [3.8, 4) is 0 Å². The molecule has 5 heteroatoms. The van der Waals surface area contributed by atoms with Crippen molar-refractivity contribution in [3.05, 3.63) is 15.6 Å². The third-order valence-electron chi connectivity index (χ3n) is 2.09. The lowest BCUT2D eigenvalue weighted by atomic mass is 10.3. The fourth-order valence-electron chi connectivity index (χ4n) is 1.23. The van der Waals surface area contributed by atoms with Gasteiger partial charge in [-0.2, -0.15) is 0 Å². The van der Waals surface area contributed by atoms with E-state index in [4.69, 9.17) is 5.11 Å². The fraction of sp³-hybridized carbons (Fsp3) is 0.444. The molecule has 0 aliphatic heterocycles. The van der Waals surface area contributed by atoms with Crippen LogP contribution < -0.4 is 0 Å². The second-order valence-corrected chi connectivity index (χ2v) is 4.40. The van der Waals surface area contributed by atoms with Gasteiger partial charge in [0.2, 0.25) is 0 Å². The summed E-state index contributed by atoms with van der Waals surface area (Å²) in [4.78, 5) is 26.2. The van der Waals surface area contributed by atoms with Crippen molar-refractivity contribution < 1.29 is 14.7 Å². The highest BCUT2D eigenvalue weighted by atomic mass is 32.1. The summed E-state index contributed by atoms with van der Waals surface area (Å²) in [6.07, 6.45) is 2.12. The number of hydrogen-bond acceptors (Lipinski definition) is 4. The van der Waals surface area contributed by atoms with Crippen LogP contribution in [0.5, 0.6) is 0 Å². The minimum Gasteiger partial charge on any atom is -0.476 e. The van der Waals surface area contributed by atoms with Gasteiger partial charge in [-0.3, -0.25) is 4.79 Å². The van der Waals surface area contributed by atoms with Crippen LogP contribution in [0.1, 0.15) is 50.9 Å². The van der Waals surface area contributed by atoms with E-state index in [1.165, 1.54) is 18.3 Å². The summed E-state index contributed by atoms with van der Waals surface area (Å²) in [7, 11) is 0. The molecule has 74 valence electrons. The van der Waals surface area contributed by atoms with Crippen molar-refractivity contribution in [1.82, 2.24) is 4.98 Å². The van der Waals surface area contributed by atoms with E-state index in [1.807, 2.05) is 0 Å². The molecule has 0 atom stereocenters. The number of carboxylic acids is 1. The Balaban J connectivity index is 2.44. The summed E-state index contributed by atoms with van der Waals surface area (Å²) in [5, 5.41) is 9.62. The molecule has 1 heterocycles. The van der Waals surface area contributed by atoms with E-state index in [2.05, 4.69) is 4.98 Å². The molecule has 0 aromatic carbocycles. The van der Waals surface area contributed by atoms with Crippen molar-refractivity contribution in [3.63, 3.8) is 0 Å². The van der Waals surface area contributed by atoms with Crippen LogP contribution in [0.25, 0.3) is 0 Å². The monoisotopic (exact) mass is 211 g/mol. The molecule has 1 fully saturated rings. The second-order valence-electron chi connectivity index (χ2n) is 3.37. The molecule has 4 nitrogen and oxygen atoms in total. The van der Waals surface area contributed by atoms with E-state index >= 15 is 0 Å². The van der Waals surface area contributed by atoms with Crippen LogP contribution >= 0.6 is 11.3 Å². The van der Waals surface area contributed by atoms with Crippen LogP contribution in [0.2, 0.25) is 0 Å². The van der Waals surface area contributed by atoms with Crippen LogP contribution in [0, 0.1) is 0 Å².